The summed E-state index contributed by atoms with van der Waals surface area (Å²) in [6.45, 7) is 16.8. The lowest BCUT2D eigenvalue weighted by atomic mass is 10.0. The number of nitrogens with zero attached hydrogens (tertiary/aromatic N) is 1. The third-order valence-electron chi connectivity index (χ3n) is 3.25. The first kappa shape index (κ1) is 13.2. The average molecular weight is 258 g/mol. The maximum atomic E-state index is 3.26. The second-order valence-corrected chi connectivity index (χ2v) is 11.1. The molecule has 0 aliphatic carbocycles. The zero-order valence-electron chi connectivity index (χ0n) is 12.2. The number of aryl methyl sites for hydroxylation is 3. The van der Waals surface area contributed by atoms with Crippen LogP contribution in [0.25, 0.3) is 0 Å². The highest BCUT2D eigenvalue weighted by Crippen LogP contribution is 2.34. The fourth-order valence-electron chi connectivity index (χ4n) is 2.54. The largest absolute Gasteiger partial charge is 0.360 e. The van der Waals surface area contributed by atoms with Crippen LogP contribution in [0.5, 0.6) is 0 Å². The first-order chi connectivity index (χ1) is 8.30. The molecular weight excluding hydrogens is 236 g/mol. The number of anilines is 1. The average Bonchev–Trinajstić information content (AvgIpc) is 2.63. The fourth-order valence-corrected chi connectivity index (χ4v) is 3.89. The van der Waals surface area contributed by atoms with Crippen molar-refractivity contribution in [2.45, 2.75) is 40.4 Å². The lowest BCUT2D eigenvalue weighted by Crippen LogP contribution is -2.34. The van der Waals surface area contributed by atoms with Crippen LogP contribution in [0, 0.1) is 27.4 Å². The Morgan fingerprint density at radius 2 is 1.61 bits per heavy atom. The molecule has 1 aromatic carbocycles. The number of hydrogen-bond donors (Lipinski definition) is 1. The fraction of sp³-hybridized carbons (Fsp3) is 0.400. The van der Waals surface area contributed by atoms with Crippen LogP contribution in [0.3, 0.4) is 0 Å². The Hall–Kier alpha value is -1.22. The van der Waals surface area contributed by atoms with E-state index < -0.39 is 8.07 Å². The molecule has 1 heterocycles. The van der Waals surface area contributed by atoms with Crippen molar-refractivity contribution in [3.63, 3.8) is 0 Å². The van der Waals surface area contributed by atoms with Gasteiger partial charge in [0.2, 0.25) is 6.67 Å². The van der Waals surface area contributed by atoms with Gasteiger partial charge < -0.3 is 10.2 Å². The highest BCUT2D eigenvalue weighted by molar-refractivity contribution is 6.83. The van der Waals surface area contributed by atoms with E-state index in [1.165, 1.54) is 27.7 Å². The SMILES string of the molecule is Cc1cc(C)c(N2[C]NC=C2[Si](C)(C)C)c(C)c1. The first-order valence-corrected chi connectivity index (χ1v) is 9.90. The van der Waals surface area contributed by atoms with Gasteiger partial charge in [-0.15, -0.1) is 0 Å². The van der Waals surface area contributed by atoms with Gasteiger partial charge in [-0.2, -0.15) is 0 Å². The van der Waals surface area contributed by atoms with E-state index in [0.717, 1.165) is 0 Å². The van der Waals surface area contributed by atoms with Gasteiger partial charge in [0.15, 0.2) is 0 Å². The van der Waals surface area contributed by atoms with Crippen LogP contribution in [-0.2, 0) is 0 Å². The summed E-state index contributed by atoms with van der Waals surface area (Å²) >= 11 is 0. The second kappa shape index (κ2) is 4.46. The minimum absolute atomic E-state index is 1.28. The minimum Gasteiger partial charge on any atom is -0.360 e. The molecule has 2 radical (unpaired) electrons. The Morgan fingerprint density at radius 1 is 1.06 bits per heavy atom. The van der Waals surface area contributed by atoms with Crippen molar-refractivity contribution in [1.82, 2.24) is 5.32 Å². The van der Waals surface area contributed by atoms with Crippen molar-refractivity contribution < 1.29 is 0 Å². The van der Waals surface area contributed by atoms with Crippen molar-refractivity contribution in [1.29, 1.82) is 0 Å². The van der Waals surface area contributed by atoms with Gasteiger partial charge >= 0.3 is 0 Å². The molecule has 0 aromatic heterocycles. The van der Waals surface area contributed by atoms with Crippen LogP contribution in [-0.4, -0.2) is 8.07 Å². The van der Waals surface area contributed by atoms with Crippen LogP contribution in [0.15, 0.2) is 23.7 Å². The quantitative estimate of drug-likeness (QED) is 0.813. The maximum Gasteiger partial charge on any atom is 0.209 e. The molecule has 0 spiro atoms. The molecule has 2 nitrogen and oxygen atoms in total. The summed E-state index contributed by atoms with van der Waals surface area (Å²) in [7, 11) is -1.37. The van der Waals surface area contributed by atoms with Crippen LogP contribution in [0.4, 0.5) is 5.69 Å². The molecule has 0 atom stereocenters. The third kappa shape index (κ3) is 2.32. The zero-order valence-corrected chi connectivity index (χ0v) is 13.2. The van der Waals surface area contributed by atoms with Crippen molar-refractivity contribution >= 4 is 13.8 Å². The van der Waals surface area contributed by atoms with Gasteiger partial charge in [0.1, 0.15) is 8.07 Å². The van der Waals surface area contributed by atoms with E-state index in [-0.39, 0.29) is 0 Å². The summed E-state index contributed by atoms with van der Waals surface area (Å²) in [6, 6.07) is 4.48. The Balaban J connectivity index is 2.48. The van der Waals surface area contributed by atoms with Crippen LogP contribution < -0.4 is 10.2 Å². The van der Waals surface area contributed by atoms with E-state index in [0.29, 0.717) is 0 Å². The predicted molar refractivity (Wildman–Crippen MR) is 80.9 cm³/mol. The molecule has 0 bridgehead atoms. The Kier molecular flexibility index (Phi) is 3.28. The summed E-state index contributed by atoms with van der Waals surface area (Å²) in [5.41, 5.74) is 5.22. The lowest BCUT2D eigenvalue weighted by molar-refractivity contribution is 1.02. The van der Waals surface area contributed by atoms with Crippen molar-refractivity contribution in [2.24, 2.45) is 0 Å². The molecule has 96 valence electrons. The van der Waals surface area contributed by atoms with E-state index in [1.54, 1.807) is 0 Å². The monoisotopic (exact) mass is 258 g/mol. The first-order valence-electron chi connectivity index (χ1n) is 6.40. The van der Waals surface area contributed by atoms with E-state index >= 15 is 0 Å². The van der Waals surface area contributed by atoms with Crippen molar-refractivity contribution in [3.05, 3.63) is 47.0 Å². The van der Waals surface area contributed by atoms with Gasteiger partial charge in [-0.3, -0.25) is 0 Å². The van der Waals surface area contributed by atoms with Gasteiger partial charge in [-0.25, -0.2) is 0 Å². The van der Waals surface area contributed by atoms with Gasteiger partial charge in [0, 0.05) is 17.2 Å². The van der Waals surface area contributed by atoms with Crippen LogP contribution in [0.2, 0.25) is 19.6 Å². The number of benzene rings is 1. The van der Waals surface area contributed by atoms with E-state index in [4.69, 9.17) is 0 Å². The molecular formula is C15H22N2Si. The molecule has 0 saturated heterocycles. The van der Waals surface area contributed by atoms with Gasteiger partial charge in [-0.05, 0) is 31.9 Å². The molecule has 0 saturated carbocycles. The molecule has 3 heteroatoms. The third-order valence-corrected chi connectivity index (χ3v) is 5.16. The van der Waals surface area contributed by atoms with E-state index in [2.05, 4.69) is 75.6 Å². The molecule has 1 aliphatic rings. The predicted octanol–water partition coefficient (Wildman–Crippen LogP) is 3.74. The van der Waals surface area contributed by atoms with Gasteiger partial charge in [0.25, 0.3) is 0 Å². The molecule has 1 N–H and O–H groups in total. The molecule has 18 heavy (non-hydrogen) atoms. The molecule has 1 aliphatic heterocycles. The number of hydrogen-bond acceptors (Lipinski definition) is 2. The summed E-state index contributed by atoms with van der Waals surface area (Å²) in [5, 5.41) is 4.53. The Bertz CT molecular complexity index is 475. The lowest BCUT2D eigenvalue weighted by Gasteiger charge is -2.30. The molecule has 1 aromatic rings. The molecule has 2 rings (SSSR count). The van der Waals surface area contributed by atoms with Gasteiger partial charge in [0.05, 0.1) is 0 Å². The maximum absolute atomic E-state index is 3.26. The smallest absolute Gasteiger partial charge is 0.209 e. The van der Waals surface area contributed by atoms with Crippen molar-refractivity contribution in [3.8, 4) is 0 Å². The summed E-state index contributed by atoms with van der Waals surface area (Å²) < 4.78 is 0. The van der Waals surface area contributed by atoms with Crippen molar-refractivity contribution in [2.75, 3.05) is 4.90 Å². The van der Waals surface area contributed by atoms with Crippen LogP contribution in [0.1, 0.15) is 16.7 Å². The minimum atomic E-state index is -1.37. The highest BCUT2D eigenvalue weighted by atomic mass is 28.3. The molecule has 0 unspecified atom stereocenters. The van der Waals surface area contributed by atoms with E-state index in [9.17, 15) is 0 Å². The standard InChI is InChI=1S/C15H22N2Si/c1-11-7-12(2)15(13(3)8-11)17-10-16-9-14(17)18(4,5)6/h7-9,16H,1-6H3. The molecule has 0 fully saturated rings. The normalized spacial score (nSPS) is 15.7. The Labute approximate surface area is 112 Å². The highest BCUT2D eigenvalue weighted by Gasteiger charge is 2.31. The topological polar surface area (TPSA) is 15.3 Å². The van der Waals surface area contributed by atoms with Gasteiger partial charge in [-0.1, -0.05) is 37.3 Å². The van der Waals surface area contributed by atoms with Crippen LogP contribution >= 0.6 is 0 Å². The summed E-state index contributed by atoms with van der Waals surface area (Å²) in [6.07, 6.45) is 2.10. The summed E-state index contributed by atoms with van der Waals surface area (Å²) in [4.78, 5) is 2.22. The number of rotatable bonds is 2. The van der Waals surface area contributed by atoms with E-state index in [1.807, 2.05) is 0 Å². The second-order valence-electron chi connectivity index (χ2n) is 6.12. The Morgan fingerprint density at radius 3 is 2.11 bits per heavy atom. The molecule has 0 amide bonds. The summed E-state index contributed by atoms with van der Waals surface area (Å²) in [5.74, 6) is 0. The zero-order chi connectivity index (χ0) is 13.5. The number of nitrogens with one attached hydrogen (secondary N) is 1.